The monoisotopic (exact) mass is 833 g/mol. The average molecular weight is 834 g/mol. The first-order valence-electron chi connectivity index (χ1n) is 20.7. The molecule has 0 unspecified atom stereocenters. The lowest BCUT2D eigenvalue weighted by Gasteiger charge is -2.20. The third-order valence-corrected chi connectivity index (χ3v) is 10.8. The molecule has 0 bridgehead atoms. The molecule has 1 aliphatic rings. The first kappa shape index (κ1) is 48.6. The summed E-state index contributed by atoms with van der Waals surface area (Å²) in [7, 11) is -2.34. The number of benzene rings is 1. The van der Waals surface area contributed by atoms with Gasteiger partial charge in [0.25, 0.3) is 0 Å². The summed E-state index contributed by atoms with van der Waals surface area (Å²) >= 11 is 0. The van der Waals surface area contributed by atoms with Crippen molar-refractivity contribution in [1.29, 1.82) is 0 Å². The van der Waals surface area contributed by atoms with Crippen LogP contribution in [0.15, 0.2) is 91.1 Å². The Morgan fingerprint density at radius 3 is 2.12 bits per heavy atom. The molecule has 11 nitrogen and oxygen atoms in total. The molecule has 2 heterocycles. The summed E-state index contributed by atoms with van der Waals surface area (Å²) in [4.78, 5) is 36.4. The van der Waals surface area contributed by atoms with Crippen molar-refractivity contribution in [2.75, 3.05) is 30.7 Å². The summed E-state index contributed by atoms with van der Waals surface area (Å²) in [6, 6.07) is 5.38. The molecule has 2 aromatic rings. The lowest BCUT2D eigenvalue weighted by molar-refractivity contribution is -0.130. The molecule has 3 atom stereocenters. The van der Waals surface area contributed by atoms with Crippen LogP contribution in [0.2, 0.25) is 0 Å². The largest absolute Gasteiger partial charge is 0.392 e. The maximum absolute atomic E-state index is 13.8. The number of hydrogen-bond donors (Lipinski definition) is 3. The molecule has 1 aromatic heterocycles. The number of rotatable bonds is 24. The van der Waals surface area contributed by atoms with E-state index >= 15 is 0 Å². The van der Waals surface area contributed by atoms with Crippen molar-refractivity contribution in [3.63, 3.8) is 0 Å². The molecule has 1 aliphatic heterocycles. The van der Waals surface area contributed by atoms with Crippen molar-refractivity contribution in [2.24, 2.45) is 0 Å². The van der Waals surface area contributed by atoms with E-state index in [9.17, 15) is 32.6 Å². The second kappa shape index (κ2) is 25.7. The number of amides is 2. The van der Waals surface area contributed by atoms with E-state index in [0.717, 1.165) is 55.5 Å². The molecule has 0 spiro atoms. The zero-order valence-electron chi connectivity index (χ0n) is 35.3. The Hall–Kier alpha value is -4.72. The van der Waals surface area contributed by atoms with Crippen molar-refractivity contribution in [1.82, 2.24) is 20.2 Å². The number of aromatic nitrogens is 2. The number of sulfonamides is 1. The number of halogens is 1. The van der Waals surface area contributed by atoms with Crippen LogP contribution in [-0.2, 0) is 19.6 Å². The summed E-state index contributed by atoms with van der Waals surface area (Å²) in [5, 5.41) is 24.5. The van der Waals surface area contributed by atoms with Gasteiger partial charge in [0.2, 0.25) is 27.8 Å². The van der Waals surface area contributed by atoms with Crippen LogP contribution in [0.25, 0.3) is 17.3 Å². The van der Waals surface area contributed by atoms with E-state index in [4.69, 9.17) is 0 Å². The van der Waals surface area contributed by atoms with E-state index in [1.165, 1.54) is 37.4 Å². The number of aliphatic hydroxyl groups excluding tert-OH is 2. The topological polar surface area (TPSA) is 153 Å². The van der Waals surface area contributed by atoms with Gasteiger partial charge in [-0.05, 0) is 81.5 Å². The highest BCUT2D eigenvalue weighted by Gasteiger charge is 2.28. The van der Waals surface area contributed by atoms with Gasteiger partial charge in [0.15, 0.2) is 0 Å². The molecule has 2 amide bonds. The minimum Gasteiger partial charge on any atom is -0.392 e. The molecule has 1 aromatic carbocycles. The molecule has 59 heavy (non-hydrogen) atoms. The highest BCUT2D eigenvalue weighted by Crippen LogP contribution is 2.32. The minimum absolute atomic E-state index is 0.0540. The van der Waals surface area contributed by atoms with Crippen molar-refractivity contribution < 1.29 is 32.6 Å². The van der Waals surface area contributed by atoms with Crippen molar-refractivity contribution in [3.8, 4) is 11.3 Å². The molecule has 13 heteroatoms. The second-order valence-corrected chi connectivity index (χ2v) is 17.1. The van der Waals surface area contributed by atoms with Crippen molar-refractivity contribution in [2.45, 2.75) is 116 Å². The number of hydrogen-bond acceptors (Lipinski definition) is 8. The number of aliphatic hydroxyl groups is 2. The molecule has 322 valence electrons. The van der Waals surface area contributed by atoms with E-state index in [1.54, 1.807) is 11.0 Å². The van der Waals surface area contributed by atoms with E-state index in [1.807, 2.05) is 13.8 Å². The van der Waals surface area contributed by atoms with E-state index in [-0.39, 0.29) is 42.6 Å². The number of nitrogens with zero attached hydrogens (tertiary/aromatic N) is 4. The van der Waals surface area contributed by atoms with E-state index < -0.39 is 28.0 Å². The predicted octanol–water partition coefficient (Wildman–Crippen LogP) is 7.96. The van der Waals surface area contributed by atoms with Gasteiger partial charge in [-0.3, -0.25) is 9.59 Å². The smallest absolute Gasteiger partial charge is 0.239 e. The first-order valence-corrected chi connectivity index (χ1v) is 22.5. The molecule has 3 N–H and O–H groups in total. The van der Waals surface area contributed by atoms with Crippen molar-refractivity contribution >= 4 is 33.9 Å². The van der Waals surface area contributed by atoms with E-state index in [0.29, 0.717) is 48.4 Å². The highest BCUT2D eigenvalue weighted by molar-refractivity contribution is 7.92. The van der Waals surface area contributed by atoms with Crippen molar-refractivity contribution in [3.05, 3.63) is 108 Å². The number of likely N-dealkylation sites (tertiary alicyclic amines) is 1. The summed E-state index contributed by atoms with van der Waals surface area (Å²) in [5.41, 5.74) is 1.85. The average Bonchev–Trinajstić information content (AvgIpc) is 3.65. The Balaban J connectivity index is 1.42. The molecule has 1 fully saturated rings. The number of carbonyl (C=O) groups excluding carboxylic acids is 2. The molecule has 0 radical (unpaired) electrons. The summed E-state index contributed by atoms with van der Waals surface area (Å²) in [6.07, 6.45) is 30.5. The maximum atomic E-state index is 13.8. The second-order valence-electron chi connectivity index (χ2n) is 15.1. The molecule has 3 rings (SSSR count). The quantitative estimate of drug-likeness (QED) is 0.0712. The fourth-order valence-electron chi connectivity index (χ4n) is 6.35. The maximum Gasteiger partial charge on any atom is 0.239 e. The van der Waals surface area contributed by atoms with Gasteiger partial charge in [0.1, 0.15) is 5.82 Å². The van der Waals surface area contributed by atoms with E-state index in [2.05, 4.69) is 83.0 Å². The number of allylic oxidation sites excluding steroid dienone is 10. The van der Waals surface area contributed by atoms with Crippen LogP contribution < -0.4 is 9.62 Å². The number of nitrogens with one attached hydrogen (secondary N) is 1. The van der Waals surface area contributed by atoms with Gasteiger partial charge in [0.05, 0.1) is 36.3 Å². The van der Waals surface area contributed by atoms with Crippen LogP contribution in [0.4, 0.5) is 10.3 Å². The minimum atomic E-state index is -3.69. The molecule has 0 saturated carbocycles. The molecular weight excluding hydrogens is 770 g/mol. The standard InChI is InChI=1S/C46H64FN5O6S/c1-6-7-8-9-10-11-12-13-14-15-16-17-18-19-20-21-22-23-43(56)52-31-30-38(34-52)48-42(55)33-40(54)32-39(53)28-29-41-44(35(2)3)49-46(51(4)59(5,57)58)50-45(41)36-24-26-37(47)27-25-36/h7-8,10-11,13-14,16-17,19-20,24-29,35,38-40,53-54H,6,9,12,15,18,21-23,30-34H2,1-5H3,(H,48,55)/b8-7-,11-10-,14-13-,17-16-,20-19-,29-28+/t38-,39-,40-/m1/s1. The molecule has 0 aliphatic carbocycles. The Morgan fingerprint density at radius 1 is 0.949 bits per heavy atom. The number of anilines is 1. The summed E-state index contributed by atoms with van der Waals surface area (Å²) in [6.45, 7) is 6.87. The first-order chi connectivity index (χ1) is 28.2. The zero-order chi connectivity index (χ0) is 43.2. The Bertz CT molecular complexity index is 1920. The predicted molar refractivity (Wildman–Crippen MR) is 236 cm³/mol. The highest BCUT2D eigenvalue weighted by atomic mass is 32.2. The van der Waals surface area contributed by atoms with Crippen LogP contribution >= 0.6 is 0 Å². The third kappa shape index (κ3) is 18.0. The number of unbranched alkanes of at least 4 members (excludes halogenated alkanes) is 1. The third-order valence-electron chi connectivity index (χ3n) is 9.65. The van der Waals surface area contributed by atoms with Crippen LogP contribution in [0.3, 0.4) is 0 Å². The Kier molecular flexibility index (Phi) is 21.2. The zero-order valence-corrected chi connectivity index (χ0v) is 36.2. The van der Waals surface area contributed by atoms with Gasteiger partial charge in [-0.25, -0.2) is 27.1 Å². The fourth-order valence-corrected chi connectivity index (χ4v) is 6.73. The van der Waals surface area contributed by atoms with Crippen LogP contribution in [0.1, 0.15) is 109 Å². The SMILES string of the molecule is CC/C=C\C/C=C\C/C=C\C/C=C\C/C=C\CCCC(=O)N1CC[C@@H](NC(=O)C[C@H](O)C[C@H](O)/C=C/c2c(-c3ccc(F)cc3)nc(N(C)S(C)(=O)=O)nc2C(C)C)C1. The fraction of sp³-hybridized carbons (Fsp3) is 0.478. The van der Waals surface area contributed by atoms with Crippen LogP contribution in [0.5, 0.6) is 0 Å². The van der Waals surface area contributed by atoms with Crippen LogP contribution in [0, 0.1) is 5.82 Å². The lowest BCUT2D eigenvalue weighted by atomic mass is 9.97. The van der Waals surface area contributed by atoms with Gasteiger partial charge in [-0.1, -0.05) is 93.7 Å². The summed E-state index contributed by atoms with van der Waals surface area (Å²) in [5.74, 6) is -0.998. The normalized spacial score (nSPS) is 16.3. The van der Waals surface area contributed by atoms with Gasteiger partial charge < -0.3 is 20.4 Å². The molecule has 1 saturated heterocycles. The Labute approximate surface area is 351 Å². The van der Waals surface area contributed by atoms with Gasteiger partial charge >= 0.3 is 0 Å². The lowest BCUT2D eigenvalue weighted by Crippen LogP contribution is -2.39. The van der Waals surface area contributed by atoms with Gasteiger partial charge in [-0.2, -0.15) is 0 Å². The van der Waals surface area contributed by atoms with Crippen LogP contribution in [-0.4, -0.2) is 90.0 Å². The van der Waals surface area contributed by atoms with Gasteiger partial charge in [0, 0.05) is 50.1 Å². The Morgan fingerprint density at radius 2 is 1.54 bits per heavy atom. The summed E-state index contributed by atoms with van der Waals surface area (Å²) < 4.78 is 39.4. The van der Waals surface area contributed by atoms with Gasteiger partial charge in [-0.15, -0.1) is 0 Å². The molecular formula is C46H64FN5O6S. The number of carbonyl (C=O) groups is 2.